The number of carbonyl (C=O) groups excluding carboxylic acids is 1. The van der Waals surface area contributed by atoms with Crippen LogP contribution in [0.4, 0.5) is 0 Å². The molecular weight excluding hydrogens is 526 g/mol. The first-order valence-electron chi connectivity index (χ1n) is 14.1. The minimum absolute atomic E-state index is 0.126. The van der Waals surface area contributed by atoms with Gasteiger partial charge in [-0.2, -0.15) is 0 Å². The number of ether oxygens (including phenoxy) is 3. The number of aromatic amines is 1. The van der Waals surface area contributed by atoms with Gasteiger partial charge >= 0.3 is 0 Å². The molecule has 2 aromatic rings. The van der Waals surface area contributed by atoms with E-state index >= 15 is 0 Å². The number of H-pyrrole nitrogens is 1. The van der Waals surface area contributed by atoms with Gasteiger partial charge in [-0.3, -0.25) is 9.59 Å². The molecule has 10 heteroatoms. The molecule has 1 aromatic carbocycles. The molecule has 1 aromatic heterocycles. The summed E-state index contributed by atoms with van der Waals surface area (Å²) in [6.45, 7) is 6.59. The molecule has 0 unspecified atom stereocenters. The highest BCUT2D eigenvalue weighted by atomic mass is 35.5. The number of likely N-dealkylation sites (tertiary alicyclic amines) is 1. The first-order valence-corrected chi connectivity index (χ1v) is 14.7. The quantitative estimate of drug-likeness (QED) is 0.473. The number of benzene rings is 1. The number of nitrogens with one attached hydrogen (secondary N) is 2. The molecule has 8 nitrogen and oxygen atoms in total. The van der Waals surface area contributed by atoms with Crippen molar-refractivity contribution in [3.05, 3.63) is 49.9 Å². The van der Waals surface area contributed by atoms with Crippen LogP contribution in [0, 0.1) is 19.8 Å². The number of thioether (sulfide) groups is 1. The molecule has 0 radical (unpaired) electrons. The predicted octanol–water partition coefficient (Wildman–Crippen LogP) is 4.68. The second-order valence-corrected chi connectivity index (χ2v) is 11.7. The third-order valence-corrected chi connectivity index (χ3v) is 8.80. The number of carbonyl (C=O) groups is 1. The molecular formula is C28H36ClN3O5S. The van der Waals surface area contributed by atoms with E-state index in [0.29, 0.717) is 33.8 Å². The van der Waals surface area contributed by atoms with E-state index in [1.54, 1.807) is 26.2 Å². The van der Waals surface area contributed by atoms with Gasteiger partial charge < -0.3 is 29.4 Å². The number of pyridine rings is 1. The van der Waals surface area contributed by atoms with Crippen LogP contribution in [0.25, 0.3) is 0 Å². The zero-order chi connectivity index (χ0) is 28.8. The van der Waals surface area contributed by atoms with Gasteiger partial charge in [0.05, 0.1) is 13.9 Å². The second-order valence-electron chi connectivity index (χ2n) is 10.4. The van der Waals surface area contributed by atoms with E-state index in [2.05, 4.69) is 15.2 Å². The standard InChI is InChI=1S/C28H36ClN3O5S/c1-16-12-23(38-4)21(27(34)31-16)14-30-26(33)20-13-22(29)25-24(17(20)2)36-28(3,37-25)18-7-9-32(10-8-18)15-19-6-5-11-35-19/h12-13,18-19H,5-11,14-15H2,1-4H3,(H,30,33)(H,31,34)/t19-,28-/m0/s1/i14D2. The molecule has 4 heterocycles. The molecule has 206 valence electrons. The maximum absolute atomic E-state index is 13.4. The molecule has 0 spiro atoms. The lowest BCUT2D eigenvalue weighted by molar-refractivity contribution is -0.126. The van der Waals surface area contributed by atoms with Crippen molar-refractivity contribution < 1.29 is 21.7 Å². The molecule has 0 bridgehead atoms. The Morgan fingerprint density at radius 1 is 1.26 bits per heavy atom. The van der Waals surface area contributed by atoms with Gasteiger partial charge in [-0.1, -0.05) is 11.6 Å². The third-order valence-electron chi connectivity index (χ3n) is 7.76. The number of amides is 1. The topological polar surface area (TPSA) is 92.9 Å². The van der Waals surface area contributed by atoms with Crippen molar-refractivity contribution in [3.8, 4) is 11.5 Å². The van der Waals surface area contributed by atoms with Gasteiger partial charge in [0.25, 0.3) is 17.3 Å². The van der Waals surface area contributed by atoms with E-state index in [4.69, 9.17) is 28.6 Å². The lowest BCUT2D eigenvalue weighted by Crippen LogP contribution is -2.49. The average Bonchev–Trinajstić information content (AvgIpc) is 3.54. The van der Waals surface area contributed by atoms with Gasteiger partial charge in [-0.15, -0.1) is 11.8 Å². The molecule has 0 saturated carbocycles. The van der Waals surface area contributed by atoms with Crippen molar-refractivity contribution >= 4 is 29.3 Å². The highest BCUT2D eigenvalue weighted by molar-refractivity contribution is 7.98. The summed E-state index contributed by atoms with van der Waals surface area (Å²) in [7, 11) is 0. The van der Waals surface area contributed by atoms with Crippen LogP contribution in [0.15, 0.2) is 21.8 Å². The van der Waals surface area contributed by atoms with E-state index in [9.17, 15) is 9.59 Å². The van der Waals surface area contributed by atoms with E-state index in [-0.39, 0.29) is 22.1 Å². The SMILES string of the molecule is [2H]C([2H])(NC(=O)c1cc(Cl)c2c(c1C)O[C@](C)(C1CCN(C[C@@H]3CCCO3)CC1)O2)c1c(SC)cc(C)[nH]c1=O. The van der Waals surface area contributed by atoms with Gasteiger partial charge in [0.15, 0.2) is 11.5 Å². The summed E-state index contributed by atoms with van der Waals surface area (Å²) < 4.78 is 35.7. The summed E-state index contributed by atoms with van der Waals surface area (Å²) in [5, 5.41) is 2.60. The van der Waals surface area contributed by atoms with Crippen molar-refractivity contribution in [2.45, 2.75) is 69.7 Å². The van der Waals surface area contributed by atoms with E-state index in [0.717, 1.165) is 51.9 Å². The fourth-order valence-electron chi connectivity index (χ4n) is 5.59. The number of piperidine rings is 1. The minimum atomic E-state index is -2.43. The van der Waals surface area contributed by atoms with Gasteiger partial charge in [-0.05, 0) is 71.0 Å². The summed E-state index contributed by atoms with van der Waals surface area (Å²) in [4.78, 5) is 31.6. The largest absolute Gasteiger partial charge is 0.448 e. The number of halogens is 1. The summed E-state index contributed by atoms with van der Waals surface area (Å²) in [6, 6.07) is 3.15. The molecule has 2 fully saturated rings. The lowest BCUT2D eigenvalue weighted by atomic mass is 9.89. The minimum Gasteiger partial charge on any atom is -0.448 e. The number of rotatable bonds is 7. The molecule has 3 aliphatic heterocycles. The molecule has 3 aliphatic rings. The number of aryl methyl sites for hydroxylation is 1. The first-order chi connectivity index (χ1) is 18.9. The van der Waals surface area contributed by atoms with Crippen LogP contribution in [0.3, 0.4) is 0 Å². The number of hydrogen-bond donors (Lipinski definition) is 2. The zero-order valence-corrected chi connectivity index (χ0v) is 23.8. The predicted molar refractivity (Wildman–Crippen MR) is 149 cm³/mol. The molecule has 2 saturated heterocycles. The third kappa shape index (κ3) is 5.43. The van der Waals surface area contributed by atoms with Crippen molar-refractivity contribution in [2.24, 2.45) is 5.92 Å². The van der Waals surface area contributed by atoms with Crippen molar-refractivity contribution in [3.63, 3.8) is 0 Å². The lowest BCUT2D eigenvalue weighted by Gasteiger charge is -2.39. The maximum Gasteiger partial charge on any atom is 0.254 e. The van der Waals surface area contributed by atoms with E-state index in [1.165, 1.54) is 17.8 Å². The molecule has 38 heavy (non-hydrogen) atoms. The Morgan fingerprint density at radius 2 is 2.00 bits per heavy atom. The highest BCUT2D eigenvalue weighted by Crippen LogP contribution is 2.51. The summed E-state index contributed by atoms with van der Waals surface area (Å²) in [6.07, 6.45) is 6.11. The van der Waals surface area contributed by atoms with Gasteiger partial charge in [0.2, 0.25) is 0 Å². The summed E-state index contributed by atoms with van der Waals surface area (Å²) in [5.74, 6) is -0.735. The molecule has 0 aliphatic carbocycles. The number of aromatic nitrogens is 1. The van der Waals surface area contributed by atoms with Gasteiger partial charge in [0.1, 0.15) is 0 Å². The monoisotopic (exact) mass is 563 g/mol. The second kappa shape index (κ2) is 11.1. The van der Waals surface area contributed by atoms with Gasteiger partial charge in [0, 0.05) is 59.8 Å². The Morgan fingerprint density at radius 3 is 2.68 bits per heavy atom. The highest BCUT2D eigenvalue weighted by Gasteiger charge is 2.47. The smallest absolute Gasteiger partial charge is 0.254 e. The van der Waals surface area contributed by atoms with Crippen LogP contribution < -0.4 is 20.3 Å². The van der Waals surface area contributed by atoms with Crippen LogP contribution in [0.5, 0.6) is 11.5 Å². The normalized spacial score (nSPS) is 24.8. The molecule has 5 rings (SSSR count). The first kappa shape index (κ1) is 24.8. The van der Waals surface area contributed by atoms with Crippen molar-refractivity contribution in [1.29, 1.82) is 0 Å². The number of fused-ring (bicyclic) bond motifs is 1. The molecule has 2 N–H and O–H groups in total. The Bertz CT molecular complexity index is 1360. The van der Waals surface area contributed by atoms with Crippen LogP contribution >= 0.6 is 23.4 Å². The van der Waals surface area contributed by atoms with E-state index in [1.807, 2.05) is 6.92 Å². The van der Waals surface area contributed by atoms with Crippen LogP contribution in [0.1, 0.15) is 62.5 Å². The molecule has 1 amide bonds. The number of nitrogens with zero attached hydrogens (tertiary/aromatic N) is 1. The summed E-state index contributed by atoms with van der Waals surface area (Å²) in [5.41, 5.74) is 0.515. The average molecular weight is 564 g/mol. The molecule has 2 atom stereocenters. The summed E-state index contributed by atoms with van der Waals surface area (Å²) >= 11 is 7.83. The van der Waals surface area contributed by atoms with Crippen LogP contribution in [-0.4, -0.2) is 60.2 Å². The van der Waals surface area contributed by atoms with Crippen molar-refractivity contribution in [1.82, 2.24) is 15.2 Å². The number of hydrogen-bond acceptors (Lipinski definition) is 7. The Kier molecular flexibility index (Phi) is 7.26. The van der Waals surface area contributed by atoms with Crippen molar-refractivity contribution in [2.75, 3.05) is 32.5 Å². The Labute approximate surface area is 235 Å². The Hall–Kier alpha value is -2.20. The van der Waals surface area contributed by atoms with Crippen LogP contribution in [-0.2, 0) is 11.2 Å². The fourth-order valence-corrected chi connectivity index (χ4v) is 6.46. The van der Waals surface area contributed by atoms with Crippen LogP contribution in [0.2, 0.25) is 5.02 Å². The van der Waals surface area contributed by atoms with E-state index < -0.39 is 23.8 Å². The Balaban J connectivity index is 1.32. The zero-order valence-electron chi connectivity index (χ0n) is 24.2. The maximum atomic E-state index is 13.4. The van der Waals surface area contributed by atoms with Gasteiger partial charge in [-0.25, -0.2) is 0 Å². The fraction of sp³-hybridized carbons (Fsp3) is 0.571.